The molecule has 0 saturated carbocycles. The number of halogens is 1. The van der Waals surface area contributed by atoms with Crippen LogP contribution in [0.3, 0.4) is 0 Å². The zero-order valence-electron chi connectivity index (χ0n) is 18.8. The van der Waals surface area contributed by atoms with E-state index in [1.807, 2.05) is 18.2 Å². The van der Waals surface area contributed by atoms with E-state index in [-0.39, 0.29) is 5.82 Å². The SMILES string of the molecule is CCN(CC)c1nc(-c2cccc(F)c2)nc(N2CCN(c3ccc(OC)cc3)CC2)n1. The van der Waals surface area contributed by atoms with Gasteiger partial charge in [-0.25, -0.2) is 4.39 Å². The van der Waals surface area contributed by atoms with Crippen LogP contribution in [0.1, 0.15) is 13.8 Å². The lowest BCUT2D eigenvalue weighted by atomic mass is 10.2. The summed E-state index contributed by atoms with van der Waals surface area (Å²) in [7, 11) is 1.67. The third kappa shape index (κ3) is 4.74. The summed E-state index contributed by atoms with van der Waals surface area (Å²) in [6, 6.07) is 14.5. The van der Waals surface area contributed by atoms with Crippen LogP contribution in [-0.4, -0.2) is 61.3 Å². The first-order chi connectivity index (χ1) is 15.6. The van der Waals surface area contributed by atoms with E-state index in [2.05, 4.69) is 45.7 Å². The average Bonchev–Trinajstić information content (AvgIpc) is 2.85. The van der Waals surface area contributed by atoms with Gasteiger partial charge >= 0.3 is 0 Å². The van der Waals surface area contributed by atoms with Crippen LogP contribution in [0.25, 0.3) is 11.4 Å². The van der Waals surface area contributed by atoms with Crippen molar-refractivity contribution in [2.24, 2.45) is 0 Å². The number of rotatable bonds is 7. The Morgan fingerprint density at radius 3 is 2.22 bits per heavy atom. The molecule has 0 radical (unpaired) electrons. The van der Waals surface area contributed by atoms with E-state index in [4.69, 9.17) is 14.7 Å². The fourth-order valence-corrected chi connectivity index (χ4v) is 3.86. The van der Waals surface area contributed by atoms with Gasteiger partial charge in [0.15, 0.2) is 5.82 Å². The molecule has 0 bridgehead atoms. The largest absolute Gasteiger partial charge is 0.497 e. The number of methoxy groups -OCH3 is 1. The van der Waals surface area contributed by atoms with Crippen LogP contribution in [0.5, 0.6) is 5.75 Å². The Morgan fingerprint density at radius 2 is 1.59 bits per heavy atom. The van der Waals surface area contributed by atoms with Crippen molar-refractivity contribution in [3.05, 3.63) is 54.3 Å². The van der Waals surface area contributed by atoms with Crippen molar-refractivity contribution in [3.8, 4) is 17.1 Å². The Bertz CT molecular complexity index is 1030. The number of hydrogen-bond acceptors (Lipinski definition) is 7. The Labute approximate surface area is 188 Å². The van der Waals surface area contributed by atoms with Crippen LogP contribution in [0.15, 0.2) is 48.5 Å². The van der Waals surface area contributed by atoms with Gasteiger partial charge in [0, 0.05) is 50.5 Å². The monoisotopic (exact) mass is 436 g/mol. The number of ether oxygens (including phenoxy) is 1. The molecule has 1 aliphatic heterocycles. The maximum atomic E-state index is 13.8. The van der Waals surface area contributed by atoms with E-state index in [9.17, 15) is 4.39 Å². The molecule has 2 heterocycles. The molecule has 0 N–H and O–H groups in total. The Morgan fingerprint density at radius 1 is 0.906 bits per heavy atom. The molecule has 2 aromatic carbocycles. The molecule has 1 aromatic heterocycles. The molecule has 0 aliphatic carbocycles. The van der Waals surface area contributed by atoms with E-state index >= 15 is 0 Å². The lowest BCUT2D eigenvalue weighted by Crippen LogP contribution is -2.47. The molecule has 1 saturated heterocycles. The summed E-state index contributed by atoms with van der Waals surface area (Å²) >= 11 is 0. The topological polar surface area (TPSA) is 57.6 Å². The molecule has 1 fully saturated rings. The normalized spacial score (nSPS) is 13.9. The van der Waals surface area contributed by atoms with Crippen LogP contribution in [-0.2, 0) is 0 Å². The van der Waals surface area contributed by atoms with Gasteiger partial charge in [0.05, 0.1) is 7.11 Å². The molecule has 1 aliphatic rings. The first-order valence-corrected chi connectivity index (χ1v) is 11.0. The van der Waals surface area contributed by atoms with Crippen LogP contribution >= 0.6 is 0 Å². The van der Waals surface area contributed by atoms with Crippen molar-refractivity contribution in [2.75, 3.05) is 61.1 Å². The number of anilines is 3. The highest BCUT2D eigenvalue weighted by molar-refractivity contribution is 5.59. The molecule has 4 rings (SSSR count). The second kappa shape index (κ2) is 9.80. The first-order valence-electron chi connectivity index (χ1n) is 11.0. The molecule has 0 unspecified atom stereocenters. The summed E-state index contributed by atoms with van der Waals surface area (Å²) in [4.78, 5) is 20.7. The lowest BCUT2D eigenvalue weighted by molar-refractivity contribution is 0.415. The van der Waals surface area contributed by atoms with Gasteiger partial charge in [-0.3, -0.25) is 0 Å². The molecule has 0 spiro atoms. The van der Waals surface area contributed by atoms with Crippen molar-refractivity contribution in [1.82, 2.24) is 15.0 Å². The van der Waals surface area contributed by atoms with Crippen molar-refractivity contribution in [3.63, 3.8) is 0 Å². The highest BCUT2D eigenvalue weighted by atomic mass is 19.1. The van der Waals surface area contributed by atoms with Crippen molar-refractivity contribution >= 4 is 17.6 Å². The molecular weight excluding hydrogens is 407 g/mol. The van der Waals surface area contributed by atoms with Crippen molar-refractivity contribution in [1.29, 1.82) is 0 Å². The van der Waals surface area contributed by atoms with Gasteiger partial charge in [0.2, 0.25) is 11.9 Å². The van der Waals surface area contributed by atoms with Crippen LogP contribution < -0.4 is 19.4 Å². The third-order valence-corrected chi connectivity index (χ3v) is 5.74. The number of piperazine rings is 1. The second-order valence-electron chi connectivity index (χ2n) is 7.61. The number of hydrogen-bond donors (Lipinski definition) is 0. The van der Waals surface area contributed by atoms with Gasteiger partial charge in [0.1, 0.15) is 11.6 Å². The van der Waals surface area contributed by atoms with Gasteiger partial charge in [-0.2, -0.15) is 15.0 Å². The molecular formula is C24H29FN6O. The molecule has 168 valence electrons. The highest BCUT2D eigenvalue weighted by Gasteiger charge is 2.22. The Kier molecular flexibility index (Phi) is 6.68. The van der Waals surface area contributed by atoms with Crippen LogP contribution in [0.2, 0.25) is 0 Å². The summed E-state index contributed by atoms with van der Waals surface area (Å²) in [5.74, 6) is 2.30. The molecule has 7 nitrogen and oxygen atoms in total. The zero-order valence-corrected chi connectivity index (χ0v) is 18.8. The van der Waals surface area contributed by atoms with E-state index in [1.165, 1.54) is 17.8 Å². The number of aromatic nitrogens is 3. The maximum absolute atomic E-state index is 13.8. The summed E-state index contributed by atoms with van der Waals surface area (Å²) in [6.07, 6.45) is 0. The predicted molar refractivity (Wildman–Crippen MR) is 126 cm³/mol. The Balaban J connectivity index is 1.58. The second-order valence-corrected chi connectivity index (χ2v) is 7.61. The first kappa shape index (κ1) is 21.8. The molecule has 8 heteroatoms. The summed E-state index contributed by atoms with van der Waals surface area (Å²) in [5, 5.41) is 0. The minimum absolute atomic E-state index is 0.304. The van der Waals surface area contributed by atoms with Gasteiger partial charge in [-0.15, -0.1) is 0 Å². The number of benzene rings is 2. The third-order valence-electron chi connectivity index (χ3n) is 5.74. The van der Waals surface area contributed by atoms with E-state index in [1.54, 1.807) is 13.2 Å². The predicted octanol–water partition coefficient (Wildman–Crippen LogP) is 3.86. The minimum atomic E-state index is -0.304. The molecule has 32 heavy (non-hydrogen) atoms. The fraction of sp³-hybridized carbons (Fsp3) is 0.375. The smallest absolute Gasteiger partial charge is 0.230 e. The van der Waals surface area contributed by atoms with Gasteiger partial charge in [0.25, 0.3) is 0 Å². The van der Waals surface area contributed by atoms with Crippen LogP contribution in [0.4, 0.5) is 22.0 Å². The molecule has 0 amide bonds. The van der Waals surface area contributed by atoms with E-state index in [0.717, 1.165) is 45.0 Å². The van der Waals surface area contributed by atoms with E-state index in [0.29, 0.717) is 23.3 Å². The quantitative estimate of drug-likeness (QED) is 0.557. The molecule has 0 atom stereocenters. The summed E-state index contributed by atoms with van der Waals surface area (Å²) in [5.41, 5.74) is 1.82. The number of nitrogens with zero attached hydrogens (tertiary/aromatic N) is 6. The van der Waals surface area contributed by atoms with Gasteiger partial charge < -0.3 is 19.4 Å². The summed E-state index contributed by atoms with van der Waals surface area (Å²) in [6.45, 7) is 9.00. The lowest BCUT2D eigenvalue weighted by Gasteiger charge is -2.36. The van der Waals surface area contributed by atoms with Gasteiger partial charge in [-0.05, 0) is 50.2 Å². The Hall–Kier alpha value is -3.42. The highest BCUT2D eigenvalue weighted by Crippen LogP contribution is 2.25. The van der Waals surface area contributed by atoms with Crippen LogP contribution in [0, 0.1) is 5.82 Å². The molecule has 3 aromatic rings. The minimum Gasteiger partial charge on any atom is -0.497 e. The van der Waals surface area contributed by atoms with E-state index < -0.39 is 0 Å². The average molecular weight is 437 g/mol. The standard InChI is InChI=1S/C24H29FN6O/c1-4-29(5-2)23-26-22(18-7-6-8-19(25)17-18)27-24(28-23)31-15-13-30(14-16-31)20-9-11-21(32-3)12-10-20/h6-12,17H,4-5,13-16H2,1-3H3. The van der Waals surface area contributed by atoms with Gasteiger partial charge in [-0.1, -0.05) is 12.1 Å². The zero-order chi connectivity index (χ0) is 22.5. The maximum Gasteiger partial charge on any atom is 0.230 e. The fourth-order valence-electron chi connectivity index (χ4n) is 3.86. The van der Waals surface area contributed by atoms with Crippen molar-refractivity contribution in [2.45, 2.75) is 13.8 Å². The van der Waals surface area contributed by atoms with Crippen molar-refractivity contribution < 1.29 is 9.13 Å². The summed E-state index contributed by atoms with van der Waals surface area (Å²) < 4.78 is 19.1.